The standard InChI is InChI=1S/C14H7BrF6/c15-13(10-6-8(16)2-4-12(10)18)9-5-7(14(19,20)21)1-3-11(9)17/h1-6,13H. The average Bonchev–Trinajstić information content (AvgIpc) is 2.40. The SMILES string of the molecule is Fc1ccc(F)c(C(Br)c2cc(C(F)(F)F)ccc2F)c1. The Morgan fingerprint density at radius 2 is 1.33 bits per heavy atom. The molecule has 0 aliphatic heterocycles. The summed E-state index contributed by atoms with van der Waals surface area (Å²) in [6.45, 7) is 0. The predicted molar refractivity (Wildman–Crippen MR) is 68.5 cm³/mol. The molecule has 1 unspecified atom stereocenters. The van der Waals surface area contributed by atoms with Crippen molar-refractivity contribution in [3.05, 3.63) is 70.5 Å². The van der Waals surface area contributed by atoms with Gasteiger partial charge in [-0.05, 0) is 36.4 Å². The van der Waals surface area contributed by atoms with Crippen LogP contribution in [0.15, 0.2) is 36.4 Å². The number of halogens is 7. The third-order valence-corrected chi connectivity index (χ3v) is 3.81. The van der Waals surface area contributed by atoms with Gasteiger partial charge in [-0.2, -0.15) is 13.2 Å². The maximum Gasteiger partial charge on any atom is 0.416 e. The van der Waals surface area contributed by atoms with E-state index in [1.165, 1.54) is 0 Å². The maximum atomic E-state index is 13.7. The van der Waals surface area contributed by atoms with E-state index in [1.807, 2.05) is 0 Å². The zero-order valence-electron chi connectivity index (χ0n) is 10.2. The first-order valence-corrected chi connectivity index (χ1v) is 6.57. The van der Waals surface area contributed by atoms with Crippen LogP contribution in [0.25, 0.3) is 0 Å². The van der Waals surface area contributed by atoms with Crippen LogP contribution >= 0.6 is 15.9 Å². The summed E-state index contributed by atoms with van der Waals surface area (Å²) in [7, 11) is 0. The van der Waals surface area contributed by atoms with Crippen LogP contribution in [-0.4, -0.2) is 0 Å². The van der Waals surface area contributed by atoms with Crippen LogP contribution < -0.4 is 0 Å². The van der Waals surface area contributed by atoms with Crippen LogP contribution in [0.3, 0.4) is 0 Å². The second-order valence-electron chi connectivity index (χ2n) is 4.26. The van der Waals surface area contributed by atoms with E-state index >= 15 is 0 Å². The Morgan fingerprint density at radius 1 is 0.810 bits per heavy atom. The van der Waals surface area contributed by atoms with E-state index in [1.54, 1.807) is 0 Å². The molecule has 0 aromatic heterocycles. The molecule has 0 N–H and O–H groups in total. The average molecular weight is 369 g/mol. The molecule has 2 rings (SSSR count). The molecular weight excluding hydrogens is 362 g/mol. The smallest absolute Gasteiger partial charge is 0.207 e. The fraction of sp³-hybridized carbons (Fsp3) is 0.143. The summed E-state index contributed by atoms with van der Waals surface area (Å²) in [4.78, 5) is -1.24. The van der Waals surface area contributed by atoms with E-state index in [9.17, 15) is 26.3 Å². The van der Waals surface area contributed by atoms with E-state index in [4.69, 9.17) is 0 Å². The highest BCUT2D eigenvalue weighted by atomic mass is 79.9. The second-order valence-corrected chi connectivity index (χ2v) is 5.18. The summed E-state index contributed by atoms with van der Waals surface area (Å²) >= 11 is 2.92. The summed E-state index contributed by atoms with van der Waals surface area (Å²) in [5.41, 5.74) is -1.78. The van der Waals surface area contributed by atoms with Crippen LogP contribution in [0.4, 0.5) is 26.3 Å². The van der Waals surface area contributed by atoms with Crippen LogP contribution in [0.2, 0.25) is 0 Å². The molecule has 0 aliphatic rings. The number of benzene rings is 2. The molecule has 0 amide bonds. The molecule has 0 radical (unpaired) electrons. The molecule has 0 aliphatic carbocycles. The number of hydrogen-bond acceptors (Lipinski definition) is 0. The van der Waals surface area contributed by atoms with Gasteiger partial charge in [0.05, 0.1) is 10.4 Å². The summed E-state index contributed by atoms with van der Waals surface area (Å²) in [6.07, 6.45) is -4.66. The Hall–Kier alpha value is -1.50. The van der Waals surface area contributed by atoms with Crippen molar-refractivity contribution in [2.45, 2.75) is 11.0 Å². The highest BCUT2D eigenvalue weighted by Gasteiger charge is 2.32. The van der Waals surface area contributed by atoms with Gasteiger partial charge in [-0.1, -0.05) is 15.9 Å². The number of hydrogen-bond donors (Lipinski definition) is 0. The summed E-state index contributed by atoms with van der Waals surface area (Å²) in [6, 6.07) is 4.28. The Balaban J connectivity index is 2.52. The maximum absolute atomic E-state index is 13.7. The lowest BCUT2D eigenvalue weighted by atomic mass is 10.0. The van der Waals surface area contributed by atoms with Crippen molar-refractivity contribution < 1.29 is 26.3 Å². The zero-order chi connectivity index (χ0) is 15.8. The van der Waals surface area contributed by atoms with Crippen molar-refractivity contribution in [1.82, 2.24) is 0 Å². The molecule has 0 heterocycles. The van der Waals surface area contributed by atoms with E-state index < -0.39 is 39.6 Å². The van der Waals surface area contributed by atoms with E-state index in [0.717, 1.165) is 18.2 Å². The van der Waals surface area contributed by atoms with Gasteiger partial charge in [-0.3, -0.25) is 0 Å². The minimum atomic E-state index is -4.66. The van der Waals surface area contributed by atoms with Crippen molar-refractivity contribution in [2.24, 2.45) is 0 Å². The molecule has 0 bridgehead atoms. The van der Waals surface area contributed by atoms with Crippen LogP contribution in [0.1, 0.15) is 21.5 Å². The summed E-state index contributed by atoms with van der Waals surface area (Å²) in [5.74, 6) is -2.58. The van der Waals surface area contributed by atoms with Gasteiger partial charge >= 0.3 is 6.18 Å². The van der Waals surface area contributed by atoms with Gasteiger partial charge < -0.3 is 0 Å². The first-order chi connectivity index (χ1) is 9.70. The molecule has 0 spiro atoms. The van der Waals surface area contributed by atoms with E-state index in [-0.39, 0.29) is 5.56 Å². The van der Waals surface area contributed by atoms with Crippen LogP contribution in [-0.2, 0) is 6.18 Å². The Bertz CT molecular complexity index is 665. The molecule has 0 nitrogen and oxygen atoms in total. The predicted octanol–water partition coefficient (Wildman–Crippen LogP) is 5.61. The topological polar surface area (TPSA) is 0 Å². The van der Waals surface area contributed by atoms with E-state index in [2.05, 4.69) is 15.9 Å². The van der Waals surface area contributed by atoms with Gasteiger partial charge in [0, 0.05) is 11.1 Å². The molecule has 21 heavy (non-hydrogen) atoms. The zero-order valence-corrected chi connectivity index (χ0v) is 11.8. The van der Waals surface area contributed by atoms with Crippen molar-refractivity contribution >= 4 is 15.9 Å². The number of alkyl halides is 4. The molecule has 0 saturated carbocycles. The summed E-state index contributed by atoms with van der Waals surface area (Å²) < 4.78 is 78.4. The van der Waals surface area contributed by atoms with Gasteiger partial charge in [-0.15, -0.1) is 0 Å². The minimum Gasteiger partial charge on any atom is -0.207 e. The molecule has 0 saturated heterocycles. The molecule has 7 heteroatoms. The lowest BCUT2D eigenvalue weighted by molar-refractivity contribution is -0.137. The van der Waals surface area contributed by atoms with Crippen molar-refractivity contribution in [1.29, 1.82) is 0 Å². The van der Waals surface area contributed by atoms with Gasteiger partial charge in [0.25, 0.3) is 0 Å². The fourth-order valence-corrected chi connectivity index (χ4v) is 2.49. The first kappa shape index (κ1) is 15.9. The van der Waals surface area contributed by atoms with Gasteiger partial charge in [0.2, 0.25) is 0 Å². The molecule has 1 atom stereocenters. The van der Waals surface area contributed by atoms with E-state index in [0.29, 0.717) is 18.2 Å². The monoisotopic (exact) mass is 368 g/mol. The minimum absolute atomic E-state index is 0.284. The van der Waals surface area contributed by atoms with Crippen LogP contribution in [0, 0.1) is 17.5 Å². The highest BCUT2D eigenvalue weighted by molar-refractivity contribution is 9.09. The fourth-order valence-electron chi connectivity index (χ4n) is 1.79. The third-order valence-electron chi connectivity index (χ3n) is 2.83. The van der Waals surface area contributed by atoms with Crippen LogP contribution in [0.5, 0.6) is 0 Å². The highest BCUT2D eigenvalue weighted by Crippen LogP contribution is 2.38. The van der Waals surface area contributed by atoms with Crippen molar-refractivity contribution in [2.75, 3.05) is 0 Å². The normalized spacial score (nSPS) is 13.3. The quantitative estimate of drug-likeness (QED) is 0.477. The van der Waals surface area contributed by atoms with Gasteiger partial charge in [0.1, 0.15) is 17.5 Å². The van der Waals surface area contributed by atoms with Gasteiger partial charge in [0.15, 0.2) is 0 Å². The van der Waals surface area contributed by atoms with Gasteiger partial charge in [-0.25, -0.2) is 13.2 Å². The Labute approximate surface area is 124 Å². The largest absolute Gasteiger partial charge is 0.416 e. The first-order valence-electron chi connectivity index (χ1n) is 5.66. The molecule has 0 fully saturated rings. The molecular formula is C14H7BrF6. The molecule has 2 aromatic rings. The summed E-state index contributed by atoms with van der Waals surface area (Å²) in [5, 5.41) is 0. The Morgan fingerprint density at radius 3 is 1.90 bits per heavy atom. The Kier molecular flexibility index (Phi) is 4.32. The lowest BCUT2D eigenvalue weighted by Crippen LogP contribution is -2.08. The molecule has 112 valence electrons. The third kappa shape index (κ3) is 3.40. The van der Waals surface area contributed by atoms with Crippen molar-refractivity contribution in [3.63, 3.8) is 0 Å². The second kappa shape index (κ2) is 5.71. The molecule has 2 aromatic carbocycles. The lowest BCUT2D eigenvalue weighted by Gasteiger charge is -2.15. The van der Waals surface area contributed by atoms with Crippen molar-refractivity contribution in [3.8, 4) is 0 Å². The number of rotatable bonds is 2.